The van der Waals surface area contributed by atoms with Gasteiger partial charge in [0.05, 0.1) is 29.8 Å². The van der Waals surface area contributed by atoms with Crippen LogP contribution in [0, 0.1) is 24.1 Å². The van der Waals surface area contributed by atoms with Crippen molar-refractivity contribution >= 4 is 16.9 Å². The monoisotopic (exact) mass is 338 g/mol. The summed E-state index contributed by atoms with van der Waals surface area (Å²) in [6.07, 6.45) is 5.72. The average molecular weight is 338 g/mol. The van der Waals surface area contributed by atoms with Gasteiger partial charge >= 0.3 is 5.97 Å². The fraction of sp³-hybridized carbons (Fsp3) is 0.263. The highest BCUT2D eigenvalue weighted by Crippen LogP contribution is 2.47. The maximum atomic E-state index is 14.3. The zero-order chi connectivity index (χ0) is 17.8. The minimum atomic E-state index is -1.14. The molecule has 2 heterocycles. The van der Waals surface area contributed by atoms with Crippen molar-refractivity contribution in [1.29, 1.82) is 5.26 Å². The lowest BCUT2D eigenvalue weighted by atomic mass is 9.79. The Morgan fingerprint density at radius 1 is 1.56 bits per heavy atom. The van der Waals surface area contributed by atoms with E-state index in [1.54, 1.807) is 6.92 Å². The number of nitrogens with zero attached hydrogens (tertiary/aromatic N) is 1. The highest BCUT2D eigenvalue weighted by Gasteiger charge is 2.45. The van der Waals surface area contributed by atoms with Crippen LogP contribution < -0.4 is 0 Å². The summed E-state index contributed by atoms with van der Waals surface area (Å²) in [7, 11) is 0. The minimum Gasteiger partial charge on any atom is -0.481 e. The second-order valence-corrected chi connectivity index (χ2v) is 6.37. The van der Waals surface area contributed by atoms with Gasteiger partial charge in [0.25, 0.3) is 0 Å². The second kappa shape index (κ2) is 5.30. The van der Waals surface area contributed by atoms with Gasteiger partial charge in [-0.1, -0.05) is 18.2 Å². The quantitative estimate of drug-likeness (QED) is 0.900. The molecule has 1 aromatic carbocycles. The normalized spacial score (nSPS) is 21.4. The van der Waals surface area contributed by atoms with Crippen LogP contribution in [0.5, 0.6) is 0 Å². The largest absolute Gasteiger partial charge is 0.481 e. The Balaban J connectivity index is 2.07. The number of carboxylic acid groups (broad SMARTS) is 1. The molecule has 126 valence electrons. The molecule has 5 nitrogen and oxygen atoms in total. The highest BCUT2D eigenvalue weighted by molar-refractivity contribution is 5.93. The highest BCUT2D eigenvalue weighted by atomic mass is 19.1. The van der Waals surface area contributed by atoms with Gasteiger partial charge in [-0.05, 0) is 36.1 Å². The molecule has 25 heavy (non-hydrogen) atoms. The van der Waals surface area contributed by atoms with Crippen molar-refractivity contribution in [3.05, 3.63) is 58.1 Å². The van der Waals surface area contributed by atoms with Gasteiger partial charge in [-0.2, -0.15) is 5.26 Å². The van der Waals surface area contributed by atoms with Crippen molar-refractivity contribution in [2.75, 3.05) is 6.61 Å². The molecule has 1 unspecified atom stereocenters. The third-order valence-corrected chi connectivity index (χ3v) is 4.96. The van der Waals surface area contributed by atoms with Crippen LogP contribution in [0.25, 0.3) is 10.9 Å². The third kappa shape index (κ3) is 2.06. The van der Waals surface area contributed by atoms with Crippen LogP contribution in [0.15, 0.2) is 29.9 Å². The molecule has 4 rings (SSSR count). The first-order chi connectivity index (χ1) is 12.0. The number of nitrogens with one attached hydrogen (secondary N) is 1. The topological polar surface area (TPSA) is 86.1 Å². The molecule has 1 aromatic heterocycles. The van der Waals surface area contributed by atoms with Crippen molar-refractivity contribution < 1.29 is 19.0 Å². The van der Waals surface area contributed by atoms with E-state index in [-0.39, 0.29) is 12.0 Å². The van der Waals surface area contributed by atoms with E-state index in [1.165, 1.54) is 6.07 Å². The first-order valence-corrected chi connectivity index (χ1v) is 7.97. The van der Waals surface area contributed by atoms with Crippen molar-refractivity contribution in [2.24, 2.45) is 0 Å². The summed E-state index contributed by atoms with van der Waals surface area (Å²) in [5.41, 5.74) is 2.32. The molecule has 0 spiro atoms. The lowest BCUT2D eigenvalue weighted by molar-refractivity contribution is -0.145. The predicted molar refractivity (Wildman–Crippen MR) is 88.5 cm³/mol. The smallest absolute Gasteiger partial charge is 0.307 e. The van der Waals surface area contributed by atoms with Crippen LogP contribution in [0.1, 0.15) is 28.8 Å². The number of allylic oxidation sites excluding steroid dienone is 2. The Labute approximate surface area is 143 Å². The number of aryl methyl sites for hydroxylation is 1. The molecule has 0 fully saturated rings. The van der Waals surface area contributed by atoms with Crippen molar-refractivity contribution in [2.45, 2.75) is 25.4 Å². The number of hydrogen-bond donors (Lipinski definition) is 2. The summed E-state index contributed by atoms with van der Waals surface area (Å²) in [6.45, 7) is 2.07. The minimum absolute atomic E-state index is 0.0117. The van der Waals surface area contributed by atoms with E-state index in [0.717, 1.165) is 11.1 Å². The third-order valence-electron chi connectivity index (χ3n) is 4.96. The SMILES string of the molecule is Cc1cc(F)c(C#N)c2c3c([nH]c12)C(CC(=O)O)(C1=CC=C1)OCC3. The number of hydrogen-bond acceptors (Lipinski definition) is 3. The van der Waals surface area contributed by atoms with Crippen molar-refractivity contribution in [3.63, 3.8) is 0 Å². The van der Waals surface area contributed by atoms with E-state index in [9.17, 15) is 19.6 Å². The number of rotatable bonds is 3. The van der Waals surface area contributed by atoms with Gasteiger partial charge in [0, 0.05) is 5.39 Å². The Morgan fingerprint density at radius 2 is 2.32 bits per heavy atom. The molecule has 1 aliphatic carbocycles. The Kier molecular flexibility index (Phi) is 3.31. The van der Waals surface area contributed by atoms with E-state index < -0.39 is 17.4 Å². The maximum absolute atomic E-state index is 14.3. The number of fused-ring (bicyclic) bond motifs is 3. The van der Waals surface area contributed by atoms with E-state index in [1.807, 2.05) is 24.3 Å². The molecule has 0 saturated carbocycles. The van der Waals surface area contributed by atoms with E-state index >= 15 is 0 Å². The lowest BCUT2D eigenvalue weighted by Crippen LogP contribution is -2.40. The standard InChI is InChI=1S/C19H15FN2O3/c1-10-7-14(20)13(9-21)16-12-5-6-25-19(8-15(23)24,11-3-2-4-11)18(12)22-17(10)16/h2-4,7,22H,5-6,8H2,1H3,(H,23,24). The number of H-pyrrole nitrogens is 1. The van der Waals surface area contributed by atoms with Gasteiger partial charge in [0.15, 0.2) is 0 Å². The van der Waals surface area contributed by atoms with Gasteiger partial charge in [-0.25, -0.2) is 4.39 Å². The summed E-state index contributed by atoms with van der Waals surface area (Å²) < 4.78 is 20.3. The molecule has 0 bridgehead atoms. The Morgan fingerprint density at radius 3 is 2.92 bits per heavy atom. The summed E-state index contributed by atoms with van der Waals surface area (Å²) >= 11 is 0. The molecule has 1 atom stereocenters. The average Bonchev–Trinajstić information content (AvgIpc) is 2.87. The first kappa shape index (κ1) is 15.6. The lowest BCUT2D eigenvalue weighted by Gasteiger charge is -2.39. The number of aromatic nitrogens is 1. The van der Waals surface area contributed by atoms with E-state index in [2.05, 4.69) is 4.98 Å². The summed E-state index contributed by atoms with van der Waals surface area (Å²) in [5, 5.41) is 19.4. The Bertz CT molecular complexity index is 1030. The number of nitriles is 1. The van der Waals surface area contributed by atoms with Gasteiger partial charge in [-0.15, -0.1) is 0 Å². The maximum Gasteiger partial charge on any atom is 0.307 e. The number of carbonyl (C=O) groups is 1. The molecule has 2 N–H and O–H groups in total. The summed E-state index contributed by atoms with van der Waals surface area (Å²) in [4.78, 5) is 14.8. The molecule has 2 aromatic rings. The van der Waals surface area contributed by atoms with Crippen LogP contribution >= 0.6 is 0 Å². The molecule has 2 aliphatic rings. The second-order valence-electron chi connectivity index (χ2n) is 6.37. The Hall–Kier alpha value is -2.91. The zero-order valence-corrected chi connectivity index (χ0v) is 13.5. The fourth-order valence-electron chi connectivity index (χ4n) is 3.81. The summed E-state index contributed by atoms with van der Waals surface area (Å²) in [5.74, 6) is -1.55. The molecule has 0 amide bonds. The van der Waals surface area contributed by atoms with Crippen molar-refractivity contribution in [3.8, 4) is 6.07 Å². The van der Waals surface area contributed by atoms with E-state index in [0.29, 0.717) is 35.2 Å². The molecule has 1 aliphatic heterocycles. The zero-order valence-electron chi connectivity index (χ0n) is 13.5. The summed E-state index contributed by atoms with van der Waals surface area (Å²) in [6, 6.07) is 3.27. The van der Waals surface area contributed by atoms with Gasteiger partial charge in [-0.3, -0.25) is 4.79 Å². The van der Waals surface area contributed by atoms with Gasteiger partial charge in [0.2, 0.25) is 0 Å². The fourth-order valence-corrected chi connectivity index (χ4v) is 3.81. The number of aliphatic carboxylic acids is 1. The van der Waals surface area contributed by atoms with Crippen LogP contribution in [-0.2, 0) is 21.6 Å². The van der Waals surface area contributed by atoms with Crippen LogP contribution in [0.4, 0.5) is 4.39 Å². The number of carboxylic acids is 1. The first-order valence-electron chi connectivity index (χ1n) is 7.97. The molecular formula is C19H15FN2O3. The van der Waals surface area contributed by atoms with Gasteiger partial charge < -0.3 is 14.8 Å². The predicted octanol–water partition coefficient (Wildman–Crippen LogP) is 3.23. The van der Waals surface area contributed by atoms with Crippen LogP contribution in [0.3, 0.4) is 0 Å². The molecular weight excluding hydrogens is 323 g/mol. The molecule has 6 heteroatoms. The number of ether oxygens (including phenoxy) is 1. The van der Waals surface area contributed by atoms with E-state index in [4.69, 9.17) is 4.74 Å². The van der Waals surface area contributed by atoms with Gasteiger partial charge in [0.1, 0.15) is 17.5 Å². The molecule has 0 saturated heterocycles. The van der Waals surface area contributed by atoms with Crippen LogP contribution in [-0.4, -0.2) is 22.7 Å². The molecule has 0 radical (unpaired) electrons. The number of benzene rings is 1. The van der Waals surface area contributed by atoms with Crippen LogP contribution in [0.2, 0.25) is 0 Å². The number of halogens is 1. The number of aromatic amines is 1. The van der Waals surface area contributed by atoms with Crippen molar-refractivity contribution in [1.82, 2.24) is 4.98 Å².